The van der Waals surface area contributed by atoms with Gasteiger partial charge in [0.05, 0.1) is 11.8 Å². The largest absolute Gasteiger partial charge is 0.573 e. The molecule has 0 fully saturated rings. The summed E-state index contributed by atoms with van der Waals surface area (Å²) >= 11 is 0. The highest BCUT2D eigenvalue weighted by atomic mass is 19.4. The lowest BCUT2D eigenvalue weighted by Gasteiger charge is -2.16. The molecule has 0 aliphatic rings. The highest BCUT2D eigenvalue weighted by Crippen LogP contribution is 2.41. The number of ether oxygens (including phenoxy) is 1. The highest BCUT2D eigenvalue weighted by Gasteiger charge is 2.40. The van der Waals surface area contributed by atoms with E-state index >= 15 is 0 Å². The number of nitrogens with zero attached hydrogens (tertiary/aromatic N) is 1. The van der Waals surface area contributed by atoms with Crippen molar-refractivity contribution in [3.8, 4) is 11.5 Å². The number of aromatic nitrogens is 1. The van der Waals surface area contributed by atoms with E-state index in [1.807, 2.05) is 0 Å². The van der Waals surface area contributed by atoms with Crippen molar-refractivity contribution in [2.45, 2.75) is 19.2 Å². The summed E-state index contributed by atoms with van der Waals surface area (Å²) in [5, 5.41) is 8.95. The number of rotatable bonds is 2. The fraction of sp³-hybridized carbons (Fsp3) is 0.375. The van der Waals surface area contributed by atoms with E-state index in [4.69, 9.17) is 5.11 Å². The molecule has 0 amide bonds. The van der Waals surface area contributed by atoms with Crippen LogP contribution in [0.4, 0.5) is 30.7 Å². The number of halogens is 7. The molecule has 10 heteroatoms. The van der Waals surface area contributed by atoms with Crippen LogP contribution < -0.4 is 4.74 Å². The third kappa shape index (κ3) is 3.14. The number of pyridine rings is 1. The van der Waals surface area contributed by atoms with Crippen molar-refractivity contribution in [1.82, 2.24) is 4.98 Å². The molecule has 0 aromatic carbocycles. The molecule has 0 aliphatic heterocycles. The molecule has 0 unspecified atom stereocenters. The maximum Gasteiger partial charge on any atom is 0.573 e. The lowest BCUT2D eigenvalue weighted by molar-refractivity contribution is -0.275. The van der Waals surface area contributed by atoms with Gasteiger partial charge < -0.3 is 9.84 Å². The van der Waals surface area contributed by atoms with Gasteiger partial charge in [0.15, 0.2) is 17.2 Å². The Morgan fingerprint density at radius 2 is 1.72 bits per heavy atom. The van der Waals surface area contributed by atoms with E-state index in [2.05, 4.69) is 9.72 Å². The quantitative estimate of drug-likeness (QED) is 0.845. The third-order valence-corrected chi connectivity index (χ3v) is 1.73. The van der Waals surface area contributed by atoms with Gasteiger partial charge in [-0.15, -0.1) is 13.2 Å². The molecular formula is C8H4F7NO2. The normalized spacial score (nSPS) is 12.6. The Labute approximate surface area is 94.8 Å². The summed E-state index contributed by atoms with van der Waals surface area (Å²) in [5.41, 5.74) is -3.40. The lowest BCUT2D eigenvalue weighted by atomic mass is 10.1. The molecule has 0 saturated carbocycles. The van der Waals surface area contributed by atoms with Crippen LogP contribution in [0.15, 0.2) is 6.20 Å². The zero-order valence-electron chi connectivity index (χ0n) is 8.23. The predicted octanol–water partition coefficient (Wildman–Crippen LogP) is 3.17. The Balaban J connectivity index is 3.40. The molecular weight excluding hydrogens is 275 g/mol. The van der Waals surface area contributed by atoms with Gasteiger partial charge in [0.1, 0.15) is 6.67 Å². The maximum absolute atomic E-state index is 12.4. The molecule has 1 aromatic heterocycles. The van der Waals surface area contributed by atoms with Crippen LogP contribution in [0.1, 0.15) is 11.3 Å². The molecule has 18 heavy (non-hydrogen) atoms. The Morgan fingerprint density at radius 3 is 2.11 bits per heavy atom. The van der Waals surface area contributed by atoms with E-state index in [-0.39, 0.29) is 6.20 Å². The van der Waals surface area contributed by atoms with Crippen LogP contribution >= 0.6 is 0 Å². The summed E-state index contributed by atoms with van der Waals surface area (Å²) in [7, 11) is 0. The van der Waals surface area contributed by atoms with E-state index in [1.54, 1.807) is 0 Å². The molecule has 1 rings (SSSR count). The van der Waals surface area contributed by atoms with Crippen molar-refractivity contribution < 1.29 is 40.6 Å². The third-order valence-electron chi connectivity index (χ3n) is 1.73. The van der Waals surface area contributed by atoms with Crippen molar-refractivity contribution in [1.29, 1.82) is 0 Å². The molecule has 1 aromatic rings. The van der Waals surface area contributed by atoms with Gasteiger partial charge in [-0.25, -0.2) is 9.37 Å². The summed E-state index contributed by atoms with van der Waals surface area (Å²) in [4.78, 5) is 2.65. The van der Waals surface area contributed by atoms with Crippen LogP contribution in [0.3, 0.4) is 0 Å². The van der Waals surface area contributed by atoms with Gasteiger partial charge in [0.25, 0.3) is 0 Å². The summed E-state index contributed by atoms with van der Waals surface area (Å²) < 4.78 is 88.3. The van der Waals surface area contributed by atoms with E-state index in [0.717, 1.165) is 0 Å². The minimum Gasteiger partial charge on any atom is -0.503 e. The van der Waals surface area contributed by atoms with Crippen LogP contribution in [-0.4, -0.2) is 16.5 Å². The number of alkyl halides is 7. The fourth-order valence-electron chi connectivity index (χ4n) is 1.12. The maximum atomic E-state index is 12.4. The van der Waals surface area contributed by atoms with Crippen molar-refractivity contribution in [2.75, 3.05) is 0 Å². The van der Waals surface area contributed by atoms with Crippen LogP contribution in [0.2, 0.25) is 0 Å². The minimum atomic E-state index is -5.37. The number of hydrogen-bond acceptors (Lipinski definition) is 3. The lowest BCUT2D eigenvalue weighted by Crippen LogP contribution is -2.20. The molecule has 0 aliphatic carbocycles. The molecule has 0 saturated heterocycles. The first-order valence-electron chi connectivity index (χ1n) is 4.16. The topological polar surface area (TPSA) is 42.4 Å². The van der Waals surface area contributed by atoms with Gasteiger partial charge >= 0.3 is 12.5 Å². The Hall–Kier alpha value is -1.74. The zero-order valence-corrected chi connectivity index (χ0v) is 8.23. The second-order valence-corrected chi connectivity index (χ2v) is 2.98. The van der Waals surface area contributed by atoms with Crippen LogP contribution in [-0.2, 0) is 12.9 Å². The zero-order chi connectivity index (χ0) is 14.1. The molecule has 0 spiro atoms. The smallest absolute Gasteiger partial charge is 0.503 e. The minimum absolute atomic E-state index is 0.100. The molecule has 3 nitrogen and oxygen atoms in total. The van der Waals surface area contributed by atoms with Crippen LogP contribution in [0, 0.1) is 0 Å². The standard InChI is InChI=1S/C8H4F7NO2/c9-1-3-5(18-8(13,14)15)4(17)2-16-6(3)7(10,11)12/h2,17H,1H2. The first-order chi connectivity index (χ1) is 8.06. The number of hydrogen-bond donors (Lipinski definition) is 1. The van der Waals surface area contributed by atoms with E-state index in [1.165, 1.54) is 0 Å². The summed E-state index contributed by atoms with van der Waals surface area (Å²) in [5.74, 6) is -2.99. The highest BCUT2D eigenvalue weighted by molar-refractivity contribution is 5.47. The van der Waals surface area contributed by atoms with Gasteiger partial charge in [-0.3, -0.25) is 0 Å². The van der Waals surface area contributed by atoms with Gasteiger partial charge in [-0.1, -0.05) is 0 Å². The second-order valence-electron chi connectivity index (χ2n) is 2.98. The molecule has 1 heterocycles. The van der Waals surface area contributed by atoms with E-state index in [0.29, 0.717) is 0 Å². The van der Waals surface area contributed by atoms with Crippen molar-refractivity contribution in [2.24, 2.45) is 0 Å². The predicted molar refractivity (Wildman–Crippen MR) is 42.4 cm³/mol. The second kappa shape index (κ2) is 4.50. The molecule has 1 N–H and O–H groups in total. The van der Waals surface area contributed by atoms with Gasteiger partial charge in [0, 0.05) is 0 Å². The van der Waals surface area contributed by atoms with Crippen molar-refractivity contribution in [3.05, 3.63) is 17.5 Å². The van der Waals surface area contributed by atoms with Crippen molar-refractivity contribution >= 4 is 0 Å². The fourth-order valence-corrected chi connectivity index (χ4v) is 1.12. The SMILES string of the molecule is Oc1cnc(C(F)(F)F)c(CF)c1OC(F)(F)F. The van der Waals surface area contributed by atoms with Gasteiger partial charge in [0.2, 0.25) is 0 Å². The summed E-state index contributed by atoms with van der Waals surface area (Å²) in [6, 6.07) is 0. The Bertz CT molecular complexity index is 440. The molecule has 0 bridgehead atoms. The van der Waals surface area contributed by atoms with Crippen LogP contribution in [0.5, 0.6) is 11.5 Å². The summed E-state index contributed by atoms with van der Waals surface area (Å²) in [6.07, 6.45) is -10.4. The van der Waals surface area contributed by atoms with Crippen molar-refractivity contribution in [3.63, 3.8) is 0 Å². The summed E-state index contributed by atoms with van der Waals surface area (Å²) in [6.45, 7) is -1.93. The van der Waals surface area contributed by atoms with Crippen LogP contribution in [0.25, 0.3) is 0 Å². The molecule has 0 atom stereocenters. The average Bonchev–Trinajstić information content (AvgIpc) is 2.17. The van der Waals surface area contributed by atoms with E-state index in [9.17, 15) is 30.7 Å². The Morgan fingerprint density at radius 1 is 1.17 bits per heavy atom. The first-order valence-corrected chi connectivity index (χ1v) is 4.16. The monoisotopic (exact) mass is 279 g/mol. The molecule has 0 radical (unpaired) electrons. The van der Waals surface area contributed by atoms with E-state index < -0.39 is 42.0 Å². The van der Waals surface area contributed by atoms with Gasteiger partial charge in [-0.2, -0.15) is 13.2 Å². The molecule has 102 valence electrons. The van der Waals surface area contributed by atoms with Gasteiger partial charge in [-0.05, 0) is 0 Å². The average molecular weight is 279 g/mol. The Kier molecular flexibility index (Phi) is 3.58. The number of aromatic hydroxyl groups is 1. The first kappa shape index (κ1) is 14.3.